The maximum Gasteiger partial charge on any atom is 0.263 e. The van der Waals surface area contributed by atoms with Crippen molar-refractivity contribution < 1.29 is 0 Å². The van der Waals surface area contributed by atoms with E-state index in [2.05, 4.69) is 17.6 Å². The lowest BCUT2D eigenvalue weighted by Gasteiger charge is -2.09. The molecular formula is C16H13N3OS3. The second kappa shape index (κ2) is 7.13. The molecule has 0 saturated carbocycles. The fourth-order valence-electron chi connectivity index (χ4n) is 2.21. The zero-order valence-electron chi connectivity index (χ0n) is 12.2. The predicted octanol–water partition coefficient (Wildman–Crippen LogP) is 4.38. The zero-order valence-corrected chi connectivity index (χ0v) is 14.6. The summed E-state index contributed by atoms with van der Waals surface area (Å²) in [6, 6.07) is 6.10. The highest BCUT2D eigenvalue weighted by atomic mass is 32.2. The zero-order chi connectivity index (χ0) is 16.2. The van der Waals surface area contributed by atoms with Crippen LogP contribution in [0.25, 0.3) is 20.7 Å². The van der Waals surface area contributed by atoms with Crippen molar-refractivity contribution in [1.29, 1.82) is 5.26 Å². The van der Waals surface area contributed by atoms with E-state index in [9.17, 15) is 4.79 Å². The molecule has 3 heterocycles. The predicted molar refractivity (Wildman–Crippen MR) is 98.3 cm³/mol. The summed E-state index contributed by atoms with van der Waals surface area (Å²) in [6.07, 6.45) is 2.12. The maximum absolute atomic E-state index is 13.0. The molecular weight excluding hydrogens is 346 g/mol. The van der Waals surface area contributed by atoms with Crippen LogP contribution in [-0.4, -0.2) is 15.3 Å². The van der Waals surface area contributed by atoms with Crippen LogP contribution in [0.15, 0.2) is 45.5 Å². The first kappa shape index (κ1) is 16.0. The molecule has 0 aromatic carbocycles. The van der Waals surface area contributed by atoms with Crippen LogP contribution in [0.2, 0.25) is 0 Å². The van der Waals surface area contributed by atoms with Crippen molar-refractivity contribution in [2.24, 2.45) is 0 Å². The molecule has 0 aliphatic rings. The molecule has 0 aliphatic heterocycles. The highest BCUT2D eigenvalue weighted by Gasteiger charge is 2.17. The van der Waals surface area contributed by atoms with E-state index < -0.39 is 0 Å². The summed E-state index contributed by atoms with van der Waals surface area (Å²) in [6.45, 7) is 4.14. The monoisotopic (exact) mass is 359 g/mol. The summed E-state index contributed by atoms with van der Waals surface area (Å²) >= 11 is 4.54. The lowest BCUT2D eigenvalue weighted by atomic mass is 10.2. The Morgan fingerprint density at radius 2 is 2.35 bits per heavy atom. The molecule has 0 bridgehead atoms. The number of thiophene rings is 2. The van der Waals surface area contributed by atoms with Gasteiger partial charge >= 0.3 is 0 Å². The van der Waals surface area contributed by atoms with Gasteiger partial charge in [0.2, 0.25) is 0 Å². The molecule has 3 aromatic heterocycles. The van der Waals surface area contributed by atoms with Gasteiger partial charge in [-0.1, -0.05) is 23.9 Å². The highest BCUT2D eigenvalue weighted by molar-refractivity contribution is 7.99. The summed E-state index contributed by atoms with van der Waals surface area (Å²) in [7, 11) is 0. The van der Waals surface area contributed by atoms with E-state index in [4.69, 9.17) is 5.26 Å². The molecule has 3 rings (SSSR count). The van der Waals surface area contributed by atoms with Gasteiger partial charge < -0.3 is 0 Å². The Labute approximate surface area is 145 Å². The number of fused-ring (bicyclic) bond motifs is 1. The lowest BCUT2D eigenvalue weighted by Crippen LogP contribution is -2.22. The van der Waals surface area contributed by atoms with Crippen molar-refractivity contribution in [1.82, 2.24) is 9.55 Å². The number of nitriles is 1. The first-order chi connectivity index (χ1) is 11.3. The van der Waals surface area contributed by atoms with Crippen molar-refractivity contribution in [3.63, 3.8) is 0 Å². The van der Waals surface area contributed by atoms with Gasteiger partial charge in [-0.2, -0.15) is 5.26 Å². The second-order valence-electron chi connectivity index (χ2n) is 4.66. The summed E-state index contributed by atoms with van der Waals surface area (Å²) in [5, 5.41) is 14.0. The van der Waals surface area contributed by atoms with Gasteiger partial charge in [-0.3, -0.25) is 9.36 Å². The molecule has 0 saturated heterocycles. The number of hydrogen-bond acceptors (Lipinski definition) is 6. The molecule has 23 heavy (non-hydrogen) atoms. The van der Waals surface area contributed by atoms with Gasteiger partial charge in [-0.05, 0) is 11.4 Å². The number of aromatic nitrogens is 2. The summed E-state index contributed by atoms with van der Waals surface area (Å²) in [5.74, 6) is 0.620. The van der Waals surface area contributed by atoms with Crippen molar-refractivity contribution in [2.45, 2.75) is 18.1 Å². The van der Waals surface area contributed by atoms with Gasteiger partial charge in [0, 0.05) is 34.5 Å². The molecule has 0 amide bonds. The van der Waals surface area contributed by atoms with Crippen LogP contribution in [0.3, 0.4) is 0 Å². The SMILES string of the molecule is C=CCn1c(SCCC#N)nc2scc(-c3cccs3)c2c1=O. The van der Waals surface area contributed by atoms with E-state index in [-0.39, 0.29) is 5.56 Å². The first-order valence-corrected chi connectivity index (χ1v) is 9.67. The third kappa shape index (κ3) is 3.11. The fourth-order valence-corrected chi connectivity index (χ4v) is 4.86. The van der Waals surface area contributed by atoms with Crippen LogP contribution in [0.5, 0.6) is 0 Å². The Hall–Kier alpha value is -1.88. The van der Waals surface area contributed by atoms with Crippen molar-refractivity contribution in [3.05, 3.63) is 45.9 Å². The van der Waals surface area contributed by atoms with E-state index in [0.29, 0.717) is 29.3 Å². The Bertz CT molecular complexity index is 932. The average molecular weight is 360 g/mol. The van der Waals surface area contributed by atoms with Crippen molar-refractivity contribution in [2.75, 3.05) is 5.75 Å². The number of rotatable bonds is 6. The molecule has 116 valence electrons. The van der Waals surface area contributed by atoms with Crippen molar-refractivity contribution in [3.8, 4) is 16.5 Å². The molecule has 0 N–H and O–H groups in total. The summed E-state index contributed by atoms with van der Waals surface area (Å²) in [4.78, 5) is 19.4. The molecule has 0 spiro atoms. The van der Waals surface area contributed by atoms with E-state index in [1.165, 1.54) is 23.1 Å². The topological polar surface area (TPSA) is 58.7 Å². The second-order valence-corrected chi connectivity index (χ2v) is 7.53. The summed E-state index contributed by atoms with van der Waals surface area (Å²) in [5.41, 5.74) is 0.905. The molecule has 0 aliphatic carbocycles. The first-order valence-electron chi connectivity index (χ1n) is 6.92. The Kier molecular flexibility index (Phi) is 4.96. The van der Waals surface area contributed by atoms with E-state index in [1.54, 1.807) is 22.0 Å². The van der Waals surface area contributed by atoms with Gasteiger partial charge in [0.25, 0.3) is 5.56 Å². The highest BCUT2D eigenvalue weighted by Crippen LogP contribution is 2.34. The van der Waals surface area contributed by atoms with E-state index in [0.717, 1.165) is 15.3 Å². The number of thioether (sulfide) groups is 1. The third-order valence-corrected chi connectivity index (χ3v) is 5.96. The Balaban J connectivity index is 2.16. The normalized spacial score (nSPS) is 10.7. The van der Waals surface area contributed by atoms with Crippen molar-refractivity contribution >= 4 is 44.7 Å². The van der Waals surface area contributed by atoms with Crippen LogP contribution in [0.1, 0.15) is 6.42 Å². The van der Waals surface area contributed by atoms with Gasteiger partial charge in [-0.25, -0.2) is 4.98 Å². The minimum Gasteiger partial charge on any atom is -0.283 e. The van der Waals surface area contributed by atoms with Crippen LogP contribution < -0.4 is 5.56 Å². The smallest absolute Gasteiger partial charge is 0.263 e. The summed E-state index contributed by atoms with van der Waals surface area (Å²) < 4.78 is 1.64. The maximum atomic E-state index is 13.0. The van der Waals surface area contributed by atoms with Crippen LogP contribution in [-0.2, 0) is 6.54 Å². The molecule has 0 radical (unpaired) electrons. The lowest BCUT2D eigenvalue weighted by molar-refractivity contribution is 0.673. The third-order valence-electron chi connectivity index (χ3n) is 3.20. The van der Waals surface area contributed by atoms with Gasteiger partial charge in [0.1, 0.15) is 4.83 Å². The van der Waals surface area contributed by atoms with Gasteiger partial charge in [0.05, 0.1) is 11.5 Å². The standard InChI is InChI=1S/C16H13N3OS3/c1-2-7-19-15(20)13-11(12-5-3-8-21-12)10-23-14(13)18-16(19)22-9-4-6-17/h2-3,5,8,10H,1,4,7,9H2. The molecule has 3 aromatic rings. The average Bonchev–Trinajstić information content (AvgIpc) is 3.20. The molecule has 7 heteroatoms. The van der Waals surface area contributed by atoms with Crippen LogP contribution >= 0.6 is 34.4 Å². The van der Waals surface area contributed by atoms with Gasteiger partial charge in [0.15, 0.2) is 5.16 Å². The minimum atomic E-state index is -0.0426. The number of hydrogen-bond donors (Lipinski definition) is 0. The van der Waals surface area contributed by atoms with Crippen LogP contribution in [0.4, 0.5) is 0 Å². The number of allylic oxidation sites excluding steroid dienone is 1. The molecule has 0 fully saturated rings. The van der Waals surface area contributed by atoms with E-state index in [1.807, 2.05) is 22.9 Å². The molecule has 0 unspecified atom stereocenters. The van der Waals surface area contributed by atoms with Crippen LogP contribution in [0, 0.1) is 11.3 Å². The van der Waals surface area contributed by atoms with E-state index >= 15 is 0 Å². The van der Waals surface area contributed by atoms with Gasteiger partial charge in [-0.15, -0.1) is 29.3 Å². The number of nitrogens with zero attached hydrogens (tertiary/aromatic N) is 3. The quantitative estimate of drug-likeness (QED) is 0.284. The largest absolute Gasteiger partial charge is 0.283 e. The fraction of sp³-hybridized carbons (Fsp3) is 0.188. The minimum absolute atomic E-state index is 0.0426. The molecule has 4 nitrogen and oxygen atoms in total. The Morgan fingerprint density at radius 3 is 3.04 bits per heavy atom. The Morgan fingerprint density at radius 1 is 1.48 bits per heavy atom. The molecule has 0 atom stereocenters.